The third-order valence-corrected chi connectivity index (χ3v) is 4.98. The van der Waals surface area contributed by atoms with E-state index in [2.05, 4.69) is 5.32 Å². The number of benzene rings is 1. The Labute approximate surface area is 163 Å². The zero-order valence-electron chi connectivity index (χ0n) is 16.0. The Hall–Kier alpha value is -3.09. The number of anilines is 1. The van der Waals surface area contributed by atoms with E-state index in [4.69, 9.17) is 4.42 Å². The summed E-state index contributed by atoms with van der Waals surface area (Å²) in [7, 11) is 0. The molecule has 2 N–H and O–H groups in total. The molecule has 2 heterocycles. The van der Waals surface area contributed by atoms with Crippen LogP contribution in [-0.4, -0.2) is 40.4 Å². The zero-order valence-corrected chi connectivity index (χ0v) is 16.0. The van der Waals surface area contributed by atoms with Gasteiger partial charge in [-0.1, -0.05) is 13.0 Å². The molecular weight excluding hydrogens is 360 g/mol. The lowest BCUT2D eigenvalue weighted by atomic mass is 10.0. The molecule has 7 heteroatoms. The van der Waals surface area contributed by atoms with Crippen LogP contribution in [0.1, 0.15) is 58.4 Å². The number of furan rings is 1. The van der Waals surface area contributed by atoms with Crippen molar-refractivity contribution in [2.45, 2.75) is 45.6 Å². The van der Waals surface area contributed by atoms with Gasteiger partial charge in [-0.3, -0.25) is 9.59 Å². The number of aryl methyl sites for hydroxylation is 2. The molecule has 28 heavy (non-hydrogen) atoms. The van der Waals surface area contributed by atoms with Crippen molar-refractivity contribution in [2.75, 3.05) is 11.9 Å². The number of aliphatic carboxylic acids is 1. The van der Waals surface area contributed by atoms with E-state index in [0.29, 0.717) is 30.6 Å². The van der Waals surface area contributed by atoms with E-state index in [0.717, 1.165) is 24.2 Å². The predicted octanol–water partition coefficient (Wildman–Crippen LogP) is 3.48. The van der Waals surface area contributed by atoms with Gasteiger partial charge in [0.05, 0.1) is 0 Å². The Morgan fingerprint density at radius 1 is 1.25 bits per heavy atom. The van der Waals surface area contributed by atoms with E-state index in [1.807, 2.05) is 13.8 Å². The standard InChI is InChI=1S/C21H24N2O5/c1-3-17-13(2)11-18(28-17)19(24)22-15-8-6-7-14(12-15)20(25)23-10-5-4-9-16(23)21(26)27/h6-8,11-12,16H,3-5,9-10H2,1-2H3,(H,22,24)(H,26,27). The summed E-state index contributed by atoms with van der Waals surface area (Å²) < 4.78 is 5.56. The highest BCUT2D eigenvalue weighted by atomic mass is 16.4. The molecule has 1 aromatic carbocycles. The first-order chi connectivity index (χ1) is 13.4. The normalized spacial score (nSPS) is 16.6. The predicted molar refractivity (Wildman–Crippen MR) is 104 cm³/mol. The summed E-state index contributed by atoms with van der Waals surface area (Å²) in [6.07, 6.45) is 2.72. The fraction of sp³-hybridized carbons (Fsp3) is 0.381. The summed E-state index contributed by atoms with van der Waals surface area (Å²) in [5.74, 6) is -0.747. The number of hydrogen-bond acceptors (Lipinski definition) is 4. The molecule has 1 aliphatic rings. The lowest BCUT2D eigenvalue weighted by Gasteiger charge is -2.33. The molecule has 1 unspecified atom stereocenters. The Balaban J connectivity index is 1.76. The van der Waals surface area contributed by atoms with E-state index in [1.54, 1.807) is 30.3 Å². The number of nitrogens with zero attached hydrogens (tertiary/aromatic N) is 1. The van der Waals surface area contributed by atoms with Crippen molar-refractivity contribution < 1.29 is 23.9 Å². The number of nitrogens with one attached hydrogen (secondary N) is 1. The third-order valence-electron chi connectivity index (χ3n) is 4.98. The first kappa shape index (κ1) is 19.7. The Bertz CT molecular complexity index is 902. The van der Waals surface area contributed by atoms with Gasteiger partial charge >= 0.3 is 5.97 Å². The van der Waals surface area contributed by atoms with Crippen LogP contribution in [0, 0.1) is 6.92 Å². The van der Waals surface area contributed by atoms with Gasteiger partial charge in [-0.15, -0.1) is 0 Å². The van der Waals surface area contributed by atoms with Crippen molar-refractivity contribution in [3.05, 3.63) is 53.0 Å². The molecule has 7 nitrogen and oxygen atoms in total. The number of hydrogen-bond donors (Lipinski definition) is 2. The minimum atomic E-state index is -0.988. The number of carbonyl (C=O) groups is 3. The van der Waals surface area contributed by atoms with E-state index in [1.165, 1.54) is 4.90 Å². The summed E-state index contributed by atoms with van der Waals surface area (Å²) >= 11 is 0. The van der Waals surface area contributed by atoms with Gasteiger partial charge in [0, 0.05) is 24.2 Å². The molecule has 2 amide bonds. The highest BCUT2D eigenvalue weighted by Gasteiger charge is 2.32. The number of likely N-dealkylation sites (tertiary alicyclic amines) is 1. The van der Waals surface area contributed by atoms with Crippen molar-refractivity contribution in [1.29, 1.82) is 0 Å². The maximum Gasteiger partial charge on any atom is 0.326 e. The van der Waals surface area contributed by atoms with Crippen molar-refractivity contribution in [3.8, 4) is 0 Å². The largest absolute Gasteiger partial charge is 0.480 e. The molecule has 1 saturated heterocycles. The Morgan fingerprint density at radius 2 is 2.04 bits per heavy atom. The lowest BCUT2D eigenvalue weighted by molar-refractivity contribution is -0.143. The van der Waals surface area contributed by atoms with E-state index >= 15 is 0 Å². The second kappa shape index (κ2) is 8.29. The molecule has 1 atom stereocenters. The summed E-state index contributed by atoms with van der Waals surface area (Å²) in [6.45, 7) is 4.25. The van der Waals surface area contributed by atoms with Gasteiger partial charge in [0.1, 0.15) is 11.8 Å². The minimum absolute atomic E-state index is 0.216. The monoisotopic (exact) mass is 384 g/mol. The molecule has 1 aliphatic heterocycles. The summed E-state index contributed by atoms with van der Waals surface area (Å²) in [4.78, 5) is 38.1. The quantitative estimate of drug-likeness (QED) is 0.822. The van der Waals surface area contributed by atoms with Gasteiger partial charge in [0.15, 0.2) is 5.76 Å². The van der Waals surface area contributed by atoms with Crippen molar-refractivity contribution in [1.82, 2.24) is 4.90 Å². The Kier molecular flexibility index (Phi) is 5.82. The zero-order chi connectivity index (χ0) is 20.3. The van der Waals surface area contributed by atoms with Gasteiger partial charge in [-0.25, -0.2) is 4.79 Å². The van der Waals surface area contributed by atoms with Crippen molar-refractivity contribution >= 4 is 23.5 Å². The molecule has 0 bridgehead atoms. The van der Waals surface area contributed by atoms with E-state index < -0.39 is 17.9 Å². The first-order valence-corrected chi connectivity index (χ1v) is 9.45. The summed E-state index contributed by atoms with van der Waals surface area (Å²) in [5.41, 5.74) is 1.71. The molecule has 148 valence electrons. The molecule has 2 aromatic rings. The molecule has 0 spiro atoms. The molecule has 3 rings (SSSR count). The fourth-order valence-corrected chi connectivity index (χ4v) is 3.50. The number of carbonyl (C=O) groups excluding carboxylic acids is 2. The number of amides is 2. The van der Waals surface area contributed by atoms with Crippen LogP contribution < -0.4 is 5.32 Å². The first-order valence-electron chi connectivity index (χ1n) is 9.45. The number of rotatable bonds is 5. The maximum atomic E-state index is 12.8. The highest BCUT2D eigenvalue weighted by molar-refractivity contribution is 6.04. The SMILES string of the molecule is CCc1oc(C(=O)Nc2cccc(C(=O)N3CCCCC3C(=O)O)c2)cc1C. The van der Waals surface area contributed by atoms with E-state index in [-0.39, 0.29) is 11.7 Å². The van der Waals surface area contributed by atoms with Crippen molar-refractivity contribution in [3.63, 3.8) is 0 Å². The second-order valence-electron chi connectivity index (χ2n) is 6.95. The minimum Gasteiger partial charge on any atom is -0.480 e. The van der Waals surface area contributed by atoms with Crippen LogP contribution in [0.25, 0.3) is 0 Å². The van der Waals surface area contributed by atoms with Gasteiger partial charge in [-0.05, 0) is 56.0 Å². The Morgan fingerprint density at radius 3 is 2.71 bits per heavy atom. The van der Waals surface area contributed by atoms with Gasteiger partial charge < -0.3 is 19.7 Å². The number of carboxylic acid groups (broad SMARTS) is 1. The number of piperidine rings is 1. The summed E-state index contributed by atoms with van der Waals surface area (Å²) in [5, 5.41) is 12.1. The van der Waals surface area contributed by atoms with E-state index in [9.17, 15) is 19.5 Å². The molecule has 1 aromatic heterocycles. The van der Waals surface area contributed by atoms with Crippen LogP contribution in [-0.2, 0) is 11.2 Å². The van der Waals surface area contributed by atoms with Crippen LogP contribution in [0.15, 0.2) is 34.7 Å². The van der Waals surface area contributed by atoms with Gasteiger partial charge in [0.2, 0.25) is 0 Å². The molecule has 1 fully saturated rings. The van der Waals surface area contributed by atoms with Crippen molar-refractivity contribution in [2.24, 2.45) is 0 Å². The third kappa shape index (κ3) is 4.08. The number of carboxylic acids is 1. The molecule has 0 radical (unpaired) electrons. The smallest absolute Gasteiger partial charge is 0.326 e. The average molecular weight is 384 g/mol. The van der Waals surface area contributed by atoms with Gasteiger partial charge in [-0.2, -0.15) is 0 Å². The van der Waals surface area contributed by atoms with Crippen LogP contribution >= 0.6 is 0 Å². The lowest BCUT2D eigenvalue weighted by Crippen LogP contribution is -2.48. The van der Waals surface area contributed by atoms with Crippen LogP contribution in [0.3, 0.4) is 0 Å². The van der Waals surface area contributed by atoms with Crippen LogP contribution in [0.2, 0.25) is 0 Å². The maximum absolute atomic E-state index is 12.8. The second-order valence-corrected chi connectivity index (χ2v) is 6.95. The molecule has 0 aliphatic carbocycles. The fourth-order valence-electron chi connectivity index (χ4n) is 3.50. The average Bonchev–Trinajstić information content (AvgIpc) is 3.08. The highest BCUT2D eigenvalue weighted by Crippen LogP contribution is 2.22. The van der Waals surface area contributed by atoms with Crippen LogP contribution in [0.5, 0.6) is 0 Å². The topological polar surface area (TPSA) is 99.9 Å². The molecule has 0 saturated carbocycles. The van der Waals surface area contributed by atoms with Gasteiger partial charge in [0.25, 0.3) is 11.8 Å². The molecular formula is C21H24N2O5. The summed E-state index contributed by atoms with van der Waals surface area (Å²) in [6, 6.07) is 7.40. The van der Waals surface area contributed by atoms with Crippen LogP contribution in [0.4, 0.5) is 5.69 Å².